The Labute approximate surface area is 206 Å². The van der Waals surface area contributed by atoms with E-state index in [0.29, 0.717) is 0 Å². The first-order valence-electron chi connectivity index (χ1n) is 11.2. The fourth-order valence-electron chi connectivity index (χ4n) is 4.45. The monoisotopic (exact) mass is 524 g/mol. The largest absolute Gasteiger partial charge is 0.496 e. The van der Waals surface area contributed by atoms with Crippen molar-refractivity contribution in [3.8, 4) is 17.0 Å². The number of alkyl halides is 5. The SMILES string of the molecule is COc1ccc(-c2cc(C(F)(F)F)c3c(N)ncnn23)cc1C(=O)N[C@@H]1CN(C(=O)C2(F)CC2)C[C@@H]1F. The summed E-state index contributed by atoms with van der Waals surface area (Å²) in [6.45, 7) is -0.571. The summed E-state index contributed by atoms with van der Waals surface area (Å²) >= 11 is 0. The second-order valence-corrected chi connectivity index (χ2v) is 9.03. The summed E-state index contributed by atoms with van der Waals surface area (Å²) in [6, 6.07) is 3.82. The van der Waals surface area contributed by atoms with Gasteiger partial charge in [0.25, 0.3) is 11.8 Å². The standard InChI is InChI=1S/C23H21F5N6O3/c1-37-17-3-2-11(16-7-13(23(26,27)28)18-19(29)30-10-31-34(16)18)6-12(17)20(35)32-15-9-33(8-14(15)24)21(36)22(25)4-5-22/h2-3,6-7,10,14-15H,4-5,8-9H2,1H3,(H,32,35)(H2,29,30,31)/t14-,15+/m0/s1. The number of hydrogen-bond donors (Lipinski definition) is 2. The van der Waals surface area contributed by atoms with Crippen molar-refractivity contribution in [1.29, 1.82) is 0 Å². The van der Waals surface area contributed by atoms with E-state index in [4.69, 9.17) is 10.5 Å². The minimum absolute atomic E-state index is 0.0215. The molecule has 9 nitrogen and oxygen atoms in total. The maximum atomic E-state index is 14.6. The first kappa shape index (κ1) is 24.7. The van der Waals surface area contributed by atoms with E-state index in [1.165, 1.54) is 25.3 Å². The predicted molar refractivity (Wildman–Crippen MR) is 120 cm³/mol. The molecule has 0 bridgehead atoms. The summed E-state index contributed by atoms with van der Waals surface area (Å²) < 4.78 is 76.0. The maximum Gasteiger partial charge on any atom is 0.418 e. The minimum atomic E-state index is -4.75. The summed E-state index contributed by atoms with van der Waals surface area (Å²) in [5.41, 5.74) is 2.29. The average molecular weight is 524 g/mol. The van der Waals surface area contributed by atoms with Gasteiger partial charge in [0.15, 0.2) is 11.5 Å². The zero-order chi connectivity index (χ0) is 26.7. The number of nitrogens with one attached hydrogen (secondary N) is 1. The Bertz CT molecular complexity index is 1400. The number of likely N-dealkylation sites (tertiary alicyclic amines) is 1. The normalized spacial score (nSPS) is 20.8. The third-order valence-electron chi connectivity index (χ3n) is 6.55. The average Bonchev–Trinajstić information content (AvgIpc) is 3.31. The number of benzene rings is 1. The van der Waals surface area contributed by atoms with Gasteiger partial charge in [-0.25, -0.2) is 18.3 Å². The van der Waals surface area contributed by atoms with Gasteiger partial charge in [-0.3, -0.25) is 9.59 Å². The summed E-state index contributed by atoms with van der Waals surface area (Å²) in [5.74, 6) is -1.88. The molecule has 1 aliphatic carbocycles. The number of nitrogen functional groups attached to an aromatic ring is 1. The Morgan fingerprint density at radius 2 is 1.95 bits per heavy atom. The Morgan fingerprint density at radius 1 is 1.22 bits per heavy atom. The highest BCUT2D eigenvalue weighted by Crippen LogP contribution is 2.42. The van der Waals surface area contributed by atoms with Crippen molar-refractivity contribution in [3.63, 3.8) is 0 Å². The molecule has 14 heteroatoms. The van der Waals surface area contributed by atoms with Crippen LogP contribution < -0.4 is 15.8 Å². The lowest BCUT2D eigenvalue weighted by atomic mass is 10.1. The first-order valence-corrected chi connectivity index (χ1v) is 11.2. The van der Waals surface area contributed by atoms with Crippen LogP contribution >= 0.6 is 0 Å². The van der Waals surface area contributed by atoms with Crippen LogP contribution in [-0.4, -0.2) is 69.4 Å². The Kier molecular flexibility index (Phi) is 5.72. The molecule has 5 rings (SSSR count). The quantitative estimate of drug-likeness (QED) is 0.497. The maximum absolute atomic E-state index is 14.6. The van der Waals surface area contributed by atoms with Gasteiger partial charge in [0.1, 0.15) is 23.8 Å². The minimum Gasteiger partial charge on any atom is -0.496 e. The third kappa shape index (κ3) is 4.29. The topological polar surface area (TPSA) is 115 Å². The van der Waals surface area contributed by atoms with Crippen molar-refractivity contribution >= 4 is 23.1 Å². The molecular weight excluding hydrogens is 503 g/mol. The molecule has 37 heavy (non-hydrogen) atoms. The van der Waals surface area contributed by atoms with Gasteiger partial charge in [-0.05, 0) is 37.1 Å². The Balaban J connectivity index is 1.46. The molecule has 1 saturated carbocycles. The molecule has 3 heterocycles. The van der Waals surface area contributed by atoms with Gasteiger partial charge < -0.3 is 20.7 Å². The van der Waals surface area contributed by atoms with Gasteiger partial charge in [0, 0.05) is 12.1 Å². The molecule has 1 aliphatic heterocycles. The van der Waals surface area contributed by atoms with Crippen molar-refractivity contribution in [3.05, 3.63) is 41.7 Å². The second kappa shape index (κ2) is 8.56. The number of ether oxygens (including phenoxy) is 1. The van der Waals surface area contributed by atoms with Gasteiger partial charge in [-0.1, -0.05) is 0 Å². The van der Waals surface area contributed by atoms with E-state index in [0.717, 1.165) is 21.8 Å². The molecule has 0 unspecified atom stereocenters. The van der Waals surface area contributed by atoms with Crippen LogP contribution in [0.25, 0.3) is 16.8 Å². The number of aromatic nitrogens is 3. The number of carbonyl (C=O) groups excluding carboxylic acids is 2. The number of anilines is 1. The van der Waals surface area contributed by atoms with Gasteiger partial charge in [-0.2, -0.15) is 18.3 Å². The van der Waals surface area contributed by atoms with E-state index in [9.17, 15) is 31.5 Å². The Hall–Kier alpha value is -3.97. The van der Waals surface area contributed by atoms with E-state index in [2.05, 4.69) is 15.4 Å². The number of halogens is 5. The molecule has 0 radical (unpaired) electrons. The first-order chi connectivity index (χ1) is 17.4. The number of amides is 2. The van der Waals surface area contributed by atoms with E-state index in [1.807, 2.05) is 0 Å². The van der Waals surface area contributed by atoms with Crippen LogP contribution in [0, 0.1) is 0 Å². The molecule has 3 N–H and O–H groups in total. The summed E-state index contributed by atoms with van der Waals surface area (Å²) in [5, 5.41) is 6.38. The number of methoxy groups -OCH3 is 1. The van der Waals surface area contributed by atoms with Crippen molar-refractivity contribution in [2.75, 3.05) is 25.9 Å². The molecule has 2 fully saturated rings. The third-order valence-corrected chi connectivity index (χ3v) is 6.55. The number of hydrogen-bond acceptors (Lipinski definition) is 6. The van der Waals surface area contributed by atoms with Crippen molar-refractivity contribution < 1.29 is 36.3 Å². The van der Waals surface area contributed by atoms with Crippen LogP contribution in [-0.2, 0) is 11.0 Å². The van der Waals surface area contributed by atoms with E-state index < -0.39 is 47.0 Å². The lowest BCUT2D eigenvalue weighted by Crippen LogP contribution is -2.43. The number of nitrogens with two attached hydrogens (primary N) is 1. The molecule has 2 aromatic heterocycles. The summed E-state index contributed by atoms with van der Waals surface area (Å²) in [7, 11) is 1.29. The van der Waals surface area contributed by atoms with Gasteiger partial charge >= 0.3 is 6.18 Å². The second-order valence-electron chi connectivity index (χ2n) is 9.03. The number of nitrogens with zero attached hydrogens (tertiary/aromatic N) is 4. The zero-order valence-electron chi connectivity index (χ0n) is 19.4. The summed E-state index contributed by atoms with van der Waals surface area (Å²) in [4.78, 5) is 30.0. The molecule has 2 aliphatic rings. The molecule has 2 atom stereocenters. The van der Waals surface area contributed by atoms with Crippen molar-refractivity contribution in [2.45, 2.75) is 36.9 Å². The fraction of sp³-hybridized carbons (Fsp3) is 0.391. The number of rotatable bonds is 5. The van der Waals surface area contributed by atoms with Crippen LogP contribution in [0.4, 0.5) is 27.8 Å². The molecule has 2 amide bonds. The fourth-order valence-corrected chi connectivity index (χ4v) is 4.45. The smallest absolute Gasteiger partial charge is 0.418 e. The highest BCUT2D eigenvalue weighted by atomic mass is 19.4. The summed E-state index contributed by atoms with van der Waals surface area (Å²) in [6.07, 6.45) is -5.22. The van der Waals surface area contributed by atoms with E-state index >= 15 is 0 Å². The Morgan fingerprint density at radius 3 is 2.59 bits per heavy atom. The number of carbonyl (C=O) groups is 2. The molecule has 1 aromatic carbocycles. The van der Waals surface area contributed by atoms with E-state index in [-0.39, 0.29) is 54.3 Å². The van der Waals surface area contributed by atoms with Crippen LogP contribution in [0.15, 0.2) is 30.6 Å². The van der Waals surface area contributed by atoms with Gasteiger partial charge in [0.05, 0.1) is 36.5 Å². The molecule has 1 saturated heterocycles. The van der Waals surface area contributed by atoms with Gasteiger partial charge in [0.2, 0.25) is 0 Å². The number of fused-ring (bicyclic) bond motifs is 1. The molecule has 196 valence electrons. The van der Waals surface area contributed by atoms with Crippen LogP contribution in [0.3, 0.4) is 0 Å². The lowest BCUT2D eigenvalue weighted by molar-refractivity contribution is -0.137. The highest BCUT2D eigenvalue weighted by molar-refractivity contribution is 5.98. The molecule has 0 spiro atoms. The van der Waals surface area contributed by atoms with Crippen molar-refractivity contribution in [1.82, 2.24) is 24.8 Å². The van der Waals surface area contributed by atoms with E-state index in [1.54, 1.807) is 0 Å². The molecular formula is C23H21F5N6O3. The van der Waals surface area contributed by atoms with Crippen LogP contribution in [0.2, 0.25) is 0 Å². The molecule has 3 aromatic rings. The lowest BCUT2D eigenvalue weighted by Gasteiger charge is -2.19. The predicted octanol–water partition coefficient (Wildman–Crippen LogP) is 2.79. The van der Waals surface area contributed by atoms with Crippen molar-refractivity contribution in [2.24, 2.45) is 0 Å². The zero-order valence-corrected chi connectivity index (χ0v) is 19.4. The van der Waals surface area contributed by atoms with Crippen LogP contribution in [0.1, 0.15) is 28.8 Å². The van der Waals surface area contributed by atoms with Gasteiger partial charge in [-0.15, -0.1) is 0 Å². The van der Waals surface area contributed by atoms with Crippen LogP contribution in [0.5, 0.6) is 5.75 Å². The highest BCUT2D eigenvalue weighted by Gasteiger charge is 2.54.